The van der Waals surface area contributed by atoms with Crippen molar-refractivity contribution in [1.82, 2.24) is 0 Å². The number of rotatable bonds is 10. The number of ketones is 4. The Morgan fingerprint density at radius 1 is 0.500 bits per heavy atom. The Morgan fingerprint density at radius 3 is 1.28 bits per heavy atom. The topological polar surface area (TPSA) is 121 Å². The molecule has 2 aliphatic carbocycles. The summed E-state index contributed by atoms with van der Waals surface area (Å²) in [4.78, 5) is 76.2. The smallest absolute Gasteiger partial charge is 0.306 e. The maximum atomic E-state index is 12.9. The van der Waals surface area contributed by atoms with E-state index in [1.54, 1.807) is 43.3 Å². The van der Waals surface area contributed by atoms with Crippen LogP contribution in [0.2, 0.25) is 0 Å². The molecule has 0 fully saturated rings. The SMILES string of the molecule is CC(CC(=O)OCCc1cccc2c1C(=O)C(=O)c1ccccc1-2)CC(=O)OCCc1cccc2c1C(=O)C(=O)c1ccccc1-2. The van der Waals surface area contributed by atoms with E-state index in [1.165, 1.54) is 0 Å². The fourth-order valence-electron chi connectivity index (χ4n) is 6.21. The first-order chi connectivity index (χ1) is 22.2. The minimum absolute atomic E-state index is 0.00496. The molecule has 4 aromatic carbocycles. The van der Waals surface area contributed by atoms with Gasteiger partial charge in [-0.2, -0.15) is 0 Å². The molecular weight excluding hydrogens is 584 g/mol. The number of carbonyl (C=O) groups excluding carboxylic acids is 6. The van der Waals surface area contributed by atoms with Crippen molar-refractivity contribution in [3.63, 3.8) is 0 Å². The highest BCUT2D eigenvalue weighted by atomic mass is 16.5. The number of carbonyl (C=O) groups is 6. The highest BCUT2D eigenvalue weighted by molar-refractivity contribution is 6.53. The zero-order chi connectivity index (χ0) is 32.4. The van der Waals surface area contributed by atoms with Crippen molar-refractivity contribution >= 4 is 35.1 Å². The monoisotopic (exact) mass is 614 g/mol. The highest BCUT2D eigenvalue weighted by Gasteiger charge is 2.33. The van der Waals surface area contributed by atoms with Crippen LogP contribution in [0.4, 0.5) is 0 Å². The molecule has 0 unspecified atom stereocenters. The molecule has 0 aliphatic heterocycles. The van der Waals surface area contributed by atoms with Crippen molar-refractivity contribution in [2.45, 2.75) is 32.6 Å². The summed E-state index contributed by atoms with van der Waals surface area (Å²) >= 11 is 0. The molecule has 0 radical (unpaired) electrons. The Bertz CT molecular complexity index is 1800. The van der Waals surface area contributed by atoms with E-state index in [1.807, 2.05) is 48.5 Å². The van der Waals surface area contributed by atoms with Gasteiger partial charge in [0, 0.05) is 47.9 Å². The molecule has 0 spiro atoms. The van der Waals surface area contributed by atoms with Gasteiger partial charge in [0.1, 0.15) is 0 Å². The van der Waals surface area contributed by atoms with Gasteiger partial charge in [0.25, 0.3) is 0 Å². The summed E-state index contributed by atoms with van der Waals surface area (Å²) < 4.78 is 10.8. The second-order valence-corrected chi connectivity index (χ2v) is 11.5. The van der Waals surface area contributed by atoms with Gasteiger partial charge in [-0.15, -0.1) is 0 Å². The van der Waals surface area contributed by atoms with Crippen LogP contribution in [0.3, 0.4) is 0 Å². The molecule has 4 aromatic rings. The number of hydrogen-bond acceptors (Lipinski definition) is 8. The van der Waals surface area contributed by atoms with E-state index in [9.17, 15) is 28.8 Å². The van der Waals surface area contributed by atoms with Crippen LogP contribution in [0.5, 0.6) is 0 Å². The molecule has 230 valence electrons. The predicted molar refractivity (Wildman–Crippen MR) is 169 cm³/mol. The minimum Gasteiger partial charge on any atom is -0.465 e. The summed E-state index contributed by atoms with van der Waals surface area (Å²) in [6.07, 6.45) is 0.509. The van der Waals surface area contributed by atoms with Gasteiger partial charge in [-0.25, -0.2) is 0 Å². The van der Waals surface area contributed by atoms with Gasteiger partial charge in [0.15, 0.2) is 0 Å². The van der Waals surface area contributed by atoms with Crippen molar-refractivity contribution in [2.24, 2.45) is 5.92 Å². The summed E-state index contributed by atoms with van der Waals surface area (Å²) in [6, 6.07) is 24.7. The zero-order valence-electron chi connectivity index (χ0n) is 25.2. The lowest BCUT2D eigenvalue weighted by molar-refractivity contribution is -0.147. The molecule has 0 saturated heterocycles. The number of Topliss-reactive ketones (excluding diaryl/α,β-unsaturated/α-hetero) is 4. The summed E-state index contributed by atoms with van der Waals surface area (Å²) in [6.45, 7) is 1.78. The molecule has 0 N–H and O–H groups in total. The number of esters is 2. The van der Waals surface area contributed by atoms with Crippen LogP contribution in [0, 0.1) is 5.92 Å². The standard InChI is InChI=1S/C38H30O8/c1-22(20-31(39)45-18-16-23-8-6-14-27-25-10-2-4-12-29(25)35(41)37(43)33(23)27)21-32(40)46-19-17-24-9-7-15-28-26-11-3-5-13-30(26)36(42)38(44)34(24)28/h2-15,22H,16-21H2,1H3. The van der Waals surface area contributed by atoms with Gasteiger partial charge in [0.05, 0.1) is 13.2 Å². The molecule has 46 heavy (non-hydrogen) atoms. The highest BCUT2D eigenvalue weighted by Crippen LogP contribution is 2.36. The van der Waals surface area contributed by atoms with Crippen molar-refractivity contribution < 1.29 is 38.2 Å². The molecule has 0 amide bonds. The third kappa shape index (κ3) is 5.81. The minimum atomic E-state index is -0.569. The summed E-state index contributed by atoms with van der Waals surface area (Å²) in [5, 5.41) is 0. The second kappa shape index (κ2) is 12.9. The lowest BCUT2D eigenvalue weighted by Crippen LogP contribution is -2.23. The Hall–Kier alpha value is -5.50. The Kier molecular flexibility index (Phi) is 8.53. The Morgan fingerprint density at radius 2 is 0.870 bits per heavy atom. The van der Waals surface area contributed by atoms with Crippen molar-refractivity contribution in [2.75, 3.05) is 13.2 Å². The van der Waals surface area contributed by atoms with Gasteiger partial charge in [-0.1, -0.05) is 91.9 Å². The molecule has 0 aromatic heterocycles. The normalized spacial score (nSPS) is 13.1. The maximum Gasteiger partial charge on any atom is 0.306 e. The number of benzene rings is 4. The van der Waals surface area contributed by atoms with Crippen molar-refractivity contribution in [1.29, 1.82) is 0 Å². The summed E-state index contributed by atoms with van der Waals surface area (Å²) in [5.74, 6) is -3.56. The van der Waals surface area contributed by atoms with E-state index in [0.717, 1.165) is 0 Å². The Labute approximate surface area is 265 Å². The first-order valence-electron chi connectivity index (χ1n) is 15.2. The molecule has 0 bridgehead atoms. The van der Waals surface area contributed by atoms with Crippen LogP contribution < -0.4 is 0 Å². The number of fused-ring (bicyclic) bond motifs is 6. The average Bonchev–Trinajstić information content (AvgIpc) is 3.05. The zero-order valence-corrected chi connectivity index (χ0v) is 25.2. The molecule has 0 heterocycles. The third-order valence-electron chi connectivity index (χ3n) is 8.39. The lowest BCUT2D eigenvalue weighted by atomic mass is 9.81. The van der Waals surface area contributed by atoms with Crippen LogP contribution in [-0.4, -0.2) is 48.3 Å². The van der Waals surface area contributed by atoms with Crippen LogP contribution in [0.25, 0.3) is 22.3 Å². The van der Waals surface area contributed by atoms with E-state index >= 15 is 0 Å². The van der Waals surface area contributed by atoms with Gasteiger partial charge in [0.2, 0.25) is 23.1 Å². The lowest BCUT2D eigenvalue weighted by Gasteiger charge is -2.20. The van der Waals surface area contributed by atoms with Crippen LogP contribution in [0.15, 0.2) is 84.9 Å². The van der Waals surface area contributed by atoms with E-state index in [-0.39, 0.29) is 44.8 Å². The van der Waals surface area contributed by atoms with Crippen LogP contribution in [0.1, 0.15) is 72.3 Å². The van der Waals surface area contributed by atoms with E-state index in [0.29, 0.717) is 55.6 Å². The third-order valence-corrected chi connectivity index (χ3v) is 8.39. The van der Waals surface area contributed by atoms with Crippen LogP contribution in [-0.2, 0) is 31.9 Å². The van der Waals surface area contributed by atoms with E-state index < -0.39 is 35.1 Å². The molecule has 0 atom stereocenters. The number of hydrogen-bond donors (Lipinski definition) is 0. The average molecular weight is 615 g/mol. The van der Waals surface area contributed by atoms with Gasteiger partial charge in [-0.05, 0) is 39.3 Å². The van der Waals surface area contributed by atoms with Gasteiger partial charge < -0.3 is 9.47 Å². The predicted octanol–water partition coefficient (Wildman–Crippen LogP) is 6.07. The first kappa shape index (κ1) is 30.5. The van der Waals surface area contributed by atoms with E-state index in [4.69, 9.17) is 9.47 Å². The molecule has 8 nitrogen and oxygen atoms in total. The molecule has 2 aliphatic rings. The first-order valence-corrected chi connectivity index (χ1v) is 15.2. The quantitative estimate of drug-likeness (QED) is 0.156. The summed E-state index contributed by atoms with van der Waals surface area (Å²) in [5.41, 5.74) is 5.50. The fourth-order valence-corrected chi connectivity index (χ4v) is 6.21. The largest absolute Gasteiger partial charge is 0.465 e. The second-order valence-electron chi connectivity index (χ2n) is 11.5. The van der Waals surface area contributed by atoms with Crippen molar-refractivity contribution in [3.8, 4) is 22.3 Å². The fraction of sp³-hybridized carbons (Fsp3) is 0.211. The molecule has 8 heteroatoms. The molecule has 6 rings (SSSR count). The van der Waals surface area contributed by atoms with E-state index in [2.05, 4.69) is 0 Å². The van der Waals surface area contributed by atoms with Crippen LogP contribution >= 0.6 is 0 Å². The van der Waals surface area contributed by atoms with Crippen molar-refractivity contribution in [3.05, 3.63) is 118 Å². The molecule has 0 saturated carbocycles. The molecular formula is C38H30O8. The van der Waals surface area contributed by atoms with Gasteiger partial charge in [-0.3, -0.25) is 28.8 Å². The number of ether oxygens (including phenoxy) is 2. The Balaban J connectivity index is 0.985. The van der Waals surface area contributed by atoms with Gasteiger partial charge >= 0.3 is 11.9 Å². The maximum absolute atomic E-state index is 12.9. The summed E-state index contributed by atoms with van der Waals surface area (Å²) in [7, 11) is 0.